The number of carbonyl (C=O) groups is 4. The molecule has 2 aliphatic rings. The maximum atomic E-state index is 12.7. The Labute approximate surface area is 130 Å². The molecule has 3 rings (SSSR count). The first-order valence-electron chi connectivity index (χ1n) is 6.79. The van der Waals surface area contributed by atoms with Crippen LogP contribution in [0.15, 0.2) is 5.38 Å². The molecule has 22 heavy (non-hydrogen) atoms. The zero-order valence-electron chi connectivity index (χ0n) is 12.4. The lowest BCUT2D eigenvalue weighted by atomic mass is 9.89. The van der Waals surface area contributed by atoms with Crippen molar-refractivity contribution in [3.8, 4) is 0 Å². The topological polar surface area (TPSA) is 86.8 Å². The van der Waals surface area contributed by atoms with Crippen LogP contribution in [-0.4, -0.2) is 48.2 Å². The first-order valence-corrected chi connectivity index (χ1v) is 7.67. The number of anilines is 1. The molecule has 2 aliphatic heterocycles. The van der Waals surface area contributed by atoms with Gasteiger partial charge in [-0.1, -0.05) is 0 Å². The van der Waals surface area contributed by atoms with Crippen LogP contribution in [0.25, 0.3) is 0 Å². The van der Waals surface area contributed by atoms with Crippen molar-refractivity contribution >= 4 is 40.0 Å². The van der Waals surface area contributed by atoms with Gasteiger partial charge < -0.3 is 4.90 Å². The van der Waals surface area contributed by atoms with Crippen LogP contribution in [0, 0.1) is 0 Å². The summed E-state index contributed by atoms with van der Waals surface area (Å²) < 4.78 is 0. The molecule has 0 unspecified atom stereocenters. The molecule has 3 heterocycles. The van der Waals surface area contributed by atoms with Gasteiger partial charge in [-0.05, 0) is 13.3 Å². The molecule has 1 aromatic heterocycles. The number of hydrogen-bond donors (Lipinski definition) is 1. The maximum absolute atomic E-state index is 12.7. The molecule has 1 fully saturated rings. The highest BCUT2D eigenvalue weighted by Gasteiger charge is 2.53. The maximum Gasteiger partial charge on any atom is 0.265 e. The van der Waals surface area contributed by atoms with E-state index >= 15 is 0 Å². The van der Waals surface area contributed by atoms with Crippen LogP contribution in [0.3, 0.4) is 0 Å². The van der Waals surface area contributed by atoms with Crippen LogP contribution < -0.4 is 10.2 Å². The van der Waals surface area contributed by atoms with Gasteiger partial charge in [0.25, 0.3) is 17.7 Å². The van der Waals surface area contributed by atoms with Crippen molar-refractivity contribution in [2.75, 3.05) is 19.0 Å². The fraction of sp³-hybridized carbons (Fsp3) is 0.429. The largest absolute Gasteiger partial charge is 0.369 e. The zero-order valence-corrected chi connectivity index (χ0v) is 13.2. The summed E-state index contributed by atoms with van der Waals surface area (Å²) >= 11 is 1.32. The summed E-state index contributed by atoms with van der Waals surface area (Å²) in [7, 11) is 3.58. The van der Waals surface area contributed by atoms with Gasteiger partial charge in [0.05, 0.1) is 11.1 Å². The van der Waals surface area contributed by atoms with Gasteiger partial charge in [-0.15, -0.1) is 11.3 Å². The number of amides is 4. The van der Waals surface area contributed by atoms with Crippen LogP contribution in [0.1, 0.15) is 40.5 Å². The third-order valence-electron chi connectivity index (χ3n) is 4.10. The summed E-state index contributed by atoms with van der Waals surface area (Å²) in [5.74, 6) is -1.94. The molecule has 8 heteroatoms. The highest BCUT2D eigenvalue weighted by molar-refractivity contribution is 7.15. The third-order valence-corrected chi connectivity index (χ3v) is 5.25. The summed E-state index contributed by atoms with van der Waals surface area (Å²) in [5.41, 5.74) is -0.668. The van der Waals surface area contributed by atoms with E-state index in [9.17, 15) is 19.2 Å². The van der Waals surface area contributed by atoms with Gasteiger partial charge in [0.2, 0.25) is 5.91 Å². The number of fused-ring (bicyclic) bond motifs is 1. The van der Waals surface area contributed by atoms with Crippen LogP contribution in [0.4, 0.5) is 5.00 Å². The van der Waals surface area contributed by atoms with Crippen molar-refractivity contribution in [2.45, 2.75) is 25.3 Å². The Morgan fingerprint density at radius 1 is 1.23 bits per heavy atom. The summed E-state index contributed by atoms with van der Waals surface area (Å²) in [6.45, 7) is 1.52. The van der Waals surface area contributed by atoms with Gasteiger partial charge in [0, 0.05) is 25.9 Å². The van der Waals surface area contributed by atoms with Gasteiger partial charge in [0.15, 0.2) is 0 Å². The van der Waals surface area contributed by atoms with Crippen molar-refractivity contribution in [3.63, 3.8) is 0 Å². The summed E-state index contributed by atoms with van der Waals surface area (Å²) in [6, 6.07) is 0. The molecule has 7 nitrogen and oxygen atoms in total. The summed E-state index contributed by atoms with van der Waals surface area (Å²) in [5, 5.41) is 4.54. The summed E-state index contributed by atoms with van der Waals surface area (Å²) in [4.78, 5) is 51.7. The summed E-state index contributed by atoms with van der Waals surface area (Å²) in [6.07, 6.45) is 0.243. The van der Waals surface area contributed by atoms with E-state index in [4.69, 9.17) is 0 Å². The molecular weight excluding hydrogens is 306 g/mol. The monoisotopic (exact) mass is 321 g/mol. The molecule has 116 valence electrons. The molecule has 0 aliphatic carbocycles. The van der Waals surface area contributed by atoms with Crippen LogP contribution in [-0.2, 0) is 9.59 Å². The number of nitrogens with one attached hydrogen (secondary N) is 1. The van der Waals surface area contributed by atoms with Gasteiger partial charge in [0.1, 0.15) is 10.5 Å². The second kappa shape index (κ2) is 4.64. The Balaban J connectivity index is 2.04. The minimum absolute atomic E-state index is 0.104. The van der Waals surface area contributed by atoms with E-state index < -0.39 is 23.3 Å². The highest BCUT2D eigenvalue weighted by atomic mass is 32.1. The van der Waals surface area contributed by atoms with E-state index in [1.807, 2.05) is 0 Å². The number of thiophene rings is 1. The second-order valence-electron chi connectivity index (χ2n) is 5.82. The van der Waals surface area contributed by atoms with Crippen molar-refractivity contribution in [3.05, 3.63) is 16.5 Å². The Kier molecular flexibility index (Phi) is 3.10. The first-order chi connectivity index (χ1) is 10.3. The number of nitrogens with zero attached hydrogens (tertiary/aromatic N) is 2. The average Bonchev–Trinajstić information content (AvgIpc) is 2.97. The van der Waals surface area contributed by atoms with Crippen LogP contribution in [0.5, 0.6) is 0 Å². The van der Waals surface area contributed by atoms with Gasteiger partial charge in [-0.25, -0.2) is 0 Å². The predicted octanol–water partition coefficient (Wildman–Crippen LogP) is 0.605. The molecule has 1 N–H and O–H groups in total. The molecule has 0 saturated carbocycles. The third kappa shape index (κ3) is 1.80. The molecular formula is C14H15N3O4S. The Morgan fingerprint density at radius 3 is 2.50 bits per heavy atom. The van der Waals surface area contributed by atoms with Gasteiger partial charge in [-0.3, -0.25) is 29.4 Å². The number of hydrogen-bond acceptors (Lipinski definition) is 6. The average molecular weight is 321 g/mol. The molecule has 0 bridgehead atoms. The number of rotatable bonds is 2. The zero-order chi connectivity index (χ0) is 16.2. The van der Waals surface area contributed by atoms with Crippen molar-refractivity contribution in [2.24, 2.45) is 0 Å². The quantitative estimate of drug-likeness (QED) is 0.806. The molecule has 0 aromatic carbocycles. The lowest BCUT2D eigenvalue weighted by molar-refractivity contribution is -0.140. The Bertz CT molecular complexity index is 724. The van der Waals surface area contributed by atoms with E-state index in [1.54, 1.807) is 24.4 Å². The fourth-order valence-electron chi connectivity index (χ4n) is 2.82. The van der Waals surface area contributed by atoms with E-state index in [-0.39, 0.29) is 18.7 Å². The molecule has 1 saturated heterocycles. The SMILES string of the molecule is CN(C)c1scc2c1C(=O)N([C@]1(C)CCC(=O)NC1=O)C2=O. The van der Waals surface area contributed by atoms with Crippen molar-refractivity contribution < 1.29 is 19.2 Å². The van der Waals surface area contributed by atoms with Crippen LogP contribution in [0.2, 0.25) is 0 Å². The number of piperidine rings is 1. The smallest absolute Gasteiger partial charge is 0.265 e. The molecule has 0 radical (unpaired) electrons. The van der Waals surface area contributed by atoms with E-state index in [0.717, 1.165) is 4.90 Å². The first kappa shape index (κ1) is 14.7. The lowest BCUT2D eigenvalue weighted by Crippen LogP contribution is -2.62. The minimum atomic E-state index is -1.33. The normalized spacial score (nSPS) is 24.6. The van der Waals surface area contributed by atoms with Gasteiger partial charge >= 0.3 is 0 Å². The standard InChI is InChI=1S/C14H15N3O4S/c1-14(5-4-8(18)15-13(14)21)17-10(19)7-6-22-12(16(2)3)9(7)11(17)20/h6H,4-5H2,1-3H3,(H,15,18,21)/t14-/m1/s1. The van der Waals surface area contributed by atoms with E-state index in [2.05, 4.69) is 5.32 Å². The number of imide groups is 2. The minimum Gasteiger partial charge on any atom is -0.369 e. The molecule has 4 amide bonds. The highest BCUT2D eigenvalue weighted by Crippen LogP contribution is 2.41. The predicted molar refractivity (Wildman–Crippen MR) is 79.9 cm³/mol. The van der Waals surface area contributed by atoms with Crippen molar-refractivity contribution in [1.82, 2.24) is 10.2 Å². The number of carbonyl (C=O) groups excluding carboxylic acids is 4. The fourth-order valence-corrected chi connectivity index (χ4v) is 3.80. The Hall–Kier alpha value is -2.22. The van der Waals surface area contributed by atoms with E-state index in [0.29, 0.717) is 16.1 Å². The lowest BCUT2D eigenvalue weighted by Gasteiger charge is -2.38. The van der Waals surface area contributed by atoms with Gasteiger partial charge in [-0.2, -0.15) is 0 Å². The second-order valence-corrected chi connectivity index (χ2v) is 6.68. The molecule has 1 atom stereocenters. The Morgan fingerprint density at radius 2 is 1.91 bits per heavy atom. The van der Waals surface area contributed by atoms with Crippen molar-refractivity contribution in [1.29, 1.82) is 0 Å². The molecule has 1 aromatic rings. The molecule has 0 spiro atoms. The van der Waals surface area contributed by atoms with Crippen LogP contribution >= 0.6 is 11.3 Å². The van der Waals surface area contributed by atoms with E-state index in [1.165, 1.54) is 18.3 Å².